The van der Waals surface area contributed by atoms with E-state index in [9.17, 15) is 4.79 Å². The number of carbonyl (C=O) groups excluding carboxylic acids is 1. The molecule has 9 heteroatoms. The molecule has 0 aliphatic carbocycles. The average molecular weight is 462 g/mol. The molecule has 0 saturated carbocycles. The molecule has 2 N–H and O–H groups in total. The Morgan fingerprint density at radius 1 is 1.21 bits per heavy atom. The second-order valence-corrected chi connectivity index (χ2v) is 7.86. The van der Waals surface area contributed by atoms with E-state index in [1.54, 1.807) is 32.3 Å². The molecule has 3 aromatic rings. The number of nitrogens with zero attached hydrogens (tertiary/aromatic N) is 4. The van der Waals surface area contributed by atoms with Crippen LogP contribution in [0.25, 0.3) is 11.0 Å². The fraction of sp³-hybridized carbons (Fsp3) is 0.320. The van der Waals surface area contributed by atoms with Crippen molar-refractivity contribution in [1.29, 1.82) is 0 Å². The number of carbonyl (C=O) groups is 1. The minimum atomic E-state index is -0.0895. The summed E-state index contributed by atoms with van der Waals surface area (Å²) in [7, 11) is 4.82. The highest BCUT2D eigenvalue weighted by Gasteiger charge is 2.31. The van der Waals surface area contributed by atoms with Gasteiger partial charge in [0.05, 0.1) is 43.5 Å². The summed E-state index contributed by atoms with van der Waals surface area (Å²) in [6.45, 7) is 5.07. The number of hydrogen-bond donors (Lipinski definition) is 1. The lowest BCUT2D eigenvalue weighted by atomic mass is 10.1. The van der Waals surface area contributed by atoms with E-state index in [0.29, 0.717) is 53.6 Å². The van der Waals surface area contributed by atoms with Crippen molar-refractivity contribution in [3.8, 4) is 23.3 Å². The fourth-order valence-electron chi connectivity index (χ4n) is 4.31. The zero-order valence-corrected chi connectivity index (χ0v) is 19.5. The summed E-state index contributed by atoms with van der Waals surface area (Å²) in [5.74, 6) is 8.01. The first-order chi connectivity index (χ1) is 16.5. The molecule has 3 heterocycles. The van der Waals surface area contributed by atoms with Crippen LogP contribution in [-0.2, 0) is 16.1 Å². The Morgan fingerprint density at radius 2 is 1.94 bits per heavy atom. The summed E-state index contributed by atoms with van der Waals surface area (Å²) in [5.41, 5.74) is 9.23. The molecule has 176 valence electrons. The lowest BCUT2D eigenvalue weighted by Gasteiger charge is -2.18. The lowest BCUT2D eigenvalue weighted by Crippen LogP contribution is -2.27. The maximum absolute atomic E-state index is 12.2. The standard InChI is InChI=1S/C25H27N5O4/c1-5-22(31)29-9-8-17(13-29)30-21(14-32-2)20(23-24(26)27-15-28-25(23)30)7-6-16-10-18(33-3)12-19(11-16)34-4/h5,10-12,15,17H,1,8-9,13-14H2,2-4H3,(H2,26,27,28)/t17-/m0/s1. The molecule has 1 aromatic carbocycles. The first-order valence-corrected chi connectivity index (χ1v) is 10.8. The van der Waals surface area contributed by atoms with Crippen LogP contribution >= 0.6 is 0 Å². The first-order valence-electron chi connectivity index (χ1n) is 10.8. The topological polar surface area (TPSA) is 105 Å². The monoisotopic (exact) mass is 461 g/mol. The summed E-state index contributed by atoms with van der Waals surface area (Å²) in [5, 5.41) is 0.672. The zero-order valence-electron chi connectivity index (χ0n) is 19.5. The number of amides is 1. The van der Waals surface area contributed by atoms with Crippen LogP contribution in [0.2, 0.25) is 0 Å². The molecule has 9 nitrogen and oxygen atoms in total. The molecule has 1 aliphatic heterocycles. The number of methoxy groups -OCH3 is 3. The van der Waals surface area contributed by atoms with Crippen molar-refractivity contribution in [1.82, 2.24) is 19.4 Å². The predicted molar refractivity (Wildman–Crippen MR) is 129 cm³/mol. The smallest absolute Gasteiger partial charge is 0.246 e. The van der Waals surface area contributed by atoms with Crippen LogP contribution in [0.3, 0.4) is 0 Å². The third-order valence-corrected chi connectivity index (χ3v) is 5.89. The zero-order chi connectivity index (χ0) is 24.2. The minimum absolute atomic E-state index is 0.00156. The number of ether oxygens (including phenoxy) is 3. The Bertz CT molecular complexity index is 1280. The quantitative estimate of drug-likeness (QED) is 0.444. The van der Waals surface area contributed by atoms with Gasteiger partial charge >= 0.3 is 0 Å². The minimum Gasteiger partial charge on any atom is -0.497 e. The Balaban J connectivity index is 1.87. The van der Waals surface area contributed by atoms with Gasteiger partial charge in [0.1, 0.15) is 29.3 Å². The number of nitrogens with two attached hydrogens (primary N) is 1. The van der Waals surface area contributed by atoms with Crippen LogP contribution < -0.4 is 15.2 Å². The highest BCUT2D eigenvalue weighted by Crippen LogP contribution is 2.34. The second kappa shape index (κ2) is 9.85. The Morgan fingerprint density at radius 3 is 2.59 bits per heavy atom. The molecule has 34 heavy (non-hydrogen) atoms. The molecule has 1 saturated heterocycles. The molecular weight excluding hydrogens is 434 g/mol. The van der Waals surface area contributed by atoms with Gasteiger partial charge in [0.25, 0.3) is 0 Å². The van der Waals surface area contributed by atoms with Crippen molar-refractivity contribution in [3.05, 3.63) is 54.0 Å². The summed E-state index contributed by atoms with van der Waals surface area (Å²) < 4.78 is 18.4. The van der Waals surface area contributed by atoms with Gasteiger partial charge in [-0.1, -0.05) is 18.4 Å². The van der Waals surface area contributed by atoms with Crippen molar-refractivity contribution in [2.75, 3.05) is 40.2 Å². The molecule has 1 amide bonds. The van der Waals surface area contributed by atoms with Crippen LogP contribution in [0.4, 0.5) is 5.82 Å². The van der Waals surface area contributed by atoms with Gasteiger partial charge in [0, 0.05) is 31.8 Å². The van der Waals surface area contributed by atoms with E-state index in [1.807, 2.05) is 12.1 Å². The molecule has 1 aliphatic rings. The van der Waals surface area contributed by atoms with E-state index in [1.165, 1.54) is 12.4 Å². The van der Waals surface area contributed by atoms with Gasteiger partial charge in [-0.2, -0.15) is 0 Å². The number of aromatic nitrogens is 3. The van der Waals surface area contributed by atoms with Gasteiger partial charge < -0.3 is 29.4 Å². The number of fused-ring (bicyclic) bond motifs is 1. The number of rotatable bonds is 6. The van der Waals surface area contributed by atoms with E-state index < -0.39 is 0 Å². The van der Waals surface area contributed by atoms with E-state index in [2.05, 4.69) is 33.0 Å². The molecule has 4 rings (SSSR count). The van der Waals surface area contributed by atoms with Crippen molar-refractivity contribution in [2.45, 2.75) is 19.1 Å². The number of likely N-dealkylation sites (tertiary alicyclic amines) is 1. The molecule has 0 radical (unpaired) electrons. The van der Waals surface area contributed by atoms with E-state index in [0.717, 1.165) is 17.7 Å². The highest BCUT2D eigenvalue weighted by atomic mass is 16.5. The molecule has 1 atom stereocenters. The van der Waals surface area contributed by atoms with Crippen LogP contribution in [0.1, 0.15) is 29.3 Å². The number of benzene rings is 1. The van der Waals surface area contributed by atoms with Crippen LogP contribution in [0.15, 0.2) is 37.2 Å². The van der Waals surface area contributed by atoms with Gasteiger partial charge in [0.15, 0.2) is 0 Å². The highest BCUT2D eigenvalue weighted by molar-refractivity contribution is 5.94. The van der Waals surface area contributed by atoms with Gasteiger partial charge in [-0.25, -0.2) is 9.97 Å². The normalized spacial score (nSPS) is 15.1. The van der Waals surface area contributed by atoms with E-state index >= 15 is 0 Å². The van der Waals surface area contributed by atoms with Gasteiger partial charge in [-0.05, 0) is 24.6 Å². The second-order valence-electron chi connectivity index (χ2n) is 7.86. The molecular formula is C25H27N5O4. The molecule has 2 aromatic heterocycles. The maximum atomic E-state index is 12.2. The largest absolute Gasteiger partial charge is 0.497 e. The van der Waals surface area contributed by atoms with Gasteiger partial charge in [0.2, 0.25) is 5.91 Å². The van der Waals surface area contributed by atoms with Crippen LogP contribution in [-0.4, -0.2) is 59.8 Å². The van der Waals surface area contributed by atoms with Crippen molar-refractivity contribution < 1.29 is 19.0 Å². The fourth-order valence-corrected chi connectivity index (χ4v) is 4.31. The third-order valence-electron chi connectivity index (χ3n) is 5.89. The predicted octanol–water partition coefficient (Wildman–Crippen LogP) is 2.54. The Hall–Kier alpha value is -4.03. The number of hydrogen-bond acceptors (Lipinski definition) is 7. The van der Waals surface area contributed by atoms with Crippen molar-refractivity contribution in [2.24, 2.45) is 0 Å². The molecule has 0 bridgehead atoms. The van der Waals surface area contributed by atoms with Gasteiger partial charge in [-0.15, -0.1) is 0 Å². The average Bonchev–Trinajstić information content (AvgIpc) is 3.45. The van der Waals surface area contributed by atoms with Crippen LogP contribution in [0.5, 0.6) is 11.5 Å². The first kappa shape index (κ1) is 23.1. The Labute approximate surface area is 198 Å². The Kier molecular flexibility index (Phi) is 6.70. The summed E-state index contributed by atoms with van der Waals surface area (Å²) in [6.07, 6.45) is 3.55. The molecule has 1 fully saturated rings. The molecule has 0 spiro atoms. The van der Waals surface area contributed by atoms with E-state index in [4.69, 9.17) is 19.9 Å². The number of nitrogen functional groups attached to an aromatic ring is 1. The van der Waals surface area contributed by atoms with Gasteiger partial charge in [-0.3, -0.25) is 4.79 Å². The van der Waals surface area contributed by atoms with Crippen molar-refractivity contribution >= 4 is 22.8 Å². The summed E-state index contributed by atoms with van der Waals surface area (Å²) >= 11 is 0. The van der Waals surface area contributed by atoms with Crippen molar-refractivity contribution in [3.63, 3.8) is 0 Å². The lowest BCUT2D eigenvalue weighted by molar-refractivity contribution is -0.125. The summed E-state index contributed by atoms with van der Waals surface area (Å²) in [4.78, 5) is 22.7. The van der Waals surface area contributed by atoms with E-state index in [-0.39, 0.29) is 11.9 Å². The van der Waals surface area contributed by atoms with Crippen LogP contribution in [0, 0.1) is 11.8 Å². The molecule has 0 unspecified atom stereocenters. The number of anilines is 1. The summed E-state index contributed by atoms with van der Waals surface area (Å²) in [6, 6.07) is 5.45. The SMILES string of the molecule is C=CC(=O)N1CC[C@H](n2c(COC)c(C#Cc3cc(OC)cc(OC)c3)c3c(N)ncnc32)C1. The maximum Gasteiger partial charge on any atom is 0.246 e. The third kappa shape index (κ3) is 4.28.